The summed E-state index contributed by atoms with van der Waals surface area (Å²) in [7, 11) is 0. The lowest BCUT2D eigenvalue weighted by Gasteiger charge is -2.10. The van der Waals surface area contributed by atoms with Gasteiger partial charge in [-0.1, -0.05) is 90.2 Å². The Morgan fingerprint density at radius 2 is 1.18 bits per heavy atom. The highest BCUT2D eigenvalue weighted by Crippen LogP contribution is 2.17. The number of aryl methyl sites for hydroxylation is 1. The molecular weight excluding hydrogens is 344 g/mol. The van der Waals surface area contributed by atoms with E-state index in [1.54, 1.807) is 24.3 Å². The first-order valence-corrected chi connectivity index (χ1v) is 9.36. The summed E-state index contributed by atoms with van der Waals surface area (Å²) < 4.78 is 0. The number of carbonyl (C=O) groups is 2. The van der Waals surface area contributed by atoms with Crippen LogP contribution in [0.3, 0.4) is 0 Å². The van der Waals surface area contributed by atoms with Crippen LogP contribution in [0.4, 0.5) is 0 Å². The van der Waals surface area contributed by atoms with Gasteiger partial charge in [0.15, 0.2) is 11.6 Å². The highest BCUT2D eigenvalue weighted by atomic mass is 16.1. The average Bonchev–Trinajstić information content (AvgIpc) is 2.74. The van der Waals surface area contributed by atoms with Crippen LogP contribution < -0.4 is 0 Å². The van der Waals surface area contributed by atoms with Crippen molar-refractivity contribution in [1.29, 1.82) is 0 Å². The van der Waals surface area contributed by atoms with Gasteiger partial charge in [-0.3, -0.25) is 9.59 Å². The summed E-state index contributed by atoms with van der Waals surface area (Å²) in [6, 6.07) is 26.2. The molecular formula is C26H22O2. The molecule has 0 aliphatic heterocycles. The third-order valence-electron chi connectivity index (χ3n) is 4.53. The van der Waals surface area contributed by atoms with E-state index in [1.807, 2.05) is 67.6 Å². The van der Waals surface area contributed by atoms with Crippen LogP contribution in [0.5, 0.6) is 0 Å². The fraction of sp³-hybridized carbons (Fsp3) is 0.154. The van der Waals surface area contributed by atoms with Crippen LogP contribution in [-0.2, 0) is 0 Å². The maximum Gasteiger partial charge on any atom is 0.164 e. The summed E-state index contributed by atoms with van der Waals surface area (Å²) in [5.74, 6) is 5.97. The molecule has 138 valence electrons. The minimum atomic E-state index is -0.332. The van der Waals surface area contributed by atoms with E-state index in [-0.39, 0.29) is 30.3 Å². The van der Waals surface area contributed by atoms with Crippen LogP contribution >= 0.6 is 0 Å². The number of hydrogen-bond acceptors (Lipinski definition) is 2. The number of carbonyl (C=O) groups excluding carboxylic acids is 2. The molecule has 2 heteroatoms. The first-order chi connectivity index (χ1) is 13.6. The van der Waals surface area contributed by atoms with Crippen molar-refractivity contribution in [3.05, 3.63) is 107 Å². The van der Waals surface area contributed by atoms with Crippen LogP contribution in [0.25, 0.3) is 0 Å². The standard InChI is InChI=1S/C26H22O2/c1-20-12-14-21(15-13-20)16-17-22(18-25(27)23-8-4-2-5-9-23)19-26(28)24-10-6-3-7-11-24/h2-15,22H,18-19H2,1H3. The number of ketones is 2. The maximum absolute atomic E-state index is 12.6. The Morgan fingerprint density at radius 3 is 1.64 bits per heavy atom. The first-order valence-electron chi connectivity index (χ1n) is 9.36. The normalized spacial score (nSPS) is 10.2. The fourth-order valence-electron chi connectivity index (χ4n) is 2.93. The number of benzene rings is 3. The molecule has 0 saturated carbocycles. The monoisotopic (exact) mass is 366 g/mol. The number of Topliss-reactive ketones (excluding diaryl/α,β-unsaturated/α-hetero) is 2. The van der Waals surface area contributed by atoms with Gasteiger partial charge in [0.05, 0.1) is 0 Å². The van der Waals surface area contributed by atoms with Crippen molar-refractivity contribution in [2.45, 2.75) is 19.8 Å². The molecule has 2 nitrogen and oxygen atoms in total. The molecule has 3 aromatic rings. The van der Waals surface area contributed by atoms with Crippen molar-refractivity contribution >= 4 is 11.6 Å². The van der Waals surface area contributed by atoms with E-state index in [1.165, 1.54) is 5.56 Å². The van der Waals surface area contributed by atoms with E-state index >= 15 is 0 Å². The van der Waals surface area contributed by atoms with E-state index in [4.69, 9.17) is 0 Å². The van der Waals surface area contributed by atoms with Gasteiger partial charge in [-0.25, -0.2) is 0 Å². The lowest BCUT2D eigenvalue weighted by Crippen LogP contribution is -2.12. The molecule has 28 heavy (non-hydrogen) atoms. The van der Waals surface area contributed by atoms with Gasteiger partial charge < -0.3 is 0 Å². The van der Waals surface area contributed by atoms with E-state index in [2.05, 4.69) is 11.8 Å². The molecule has 3 aromatic carbocycles. The summed E-state index contributed by atoms with van der Waals surface area (Å²) in [5, 5.41) is 0. The summed E-state index contributed by atoms with van der Waals surface area (Å²) >= 11 is 0. The minimum Gasteiger partial charge on any atom is -0.294 e. The van der Waals surface area contributed by atoms with Crippen molar-refractivity contribution in [2.24, 2.45) is 5.92 Å². The molecule has 0 atom stereocenters. The van der Waals surface area contributed by atoms with E-state index in [9.17, 15) is 9.59 Å². The molecule has 0 saturated heterocycles. The quantitative estimate of drug-likeness (QED) is 0.426. The first kappa shape index (κ1) is 19.3. The molecule has 0 spiro atoms. The Kier molecular flexibility index (Phi) is 6.54. The maximum atomic E-state index is 12.6. The summed E-state index contributed by atoms with van der Waals surface area (Å²) in [4.78, 5) is 25.3. The molecule has 0 bridgehead atoms. The zero-order valence-electron chi connectivity index (χ0n) is 15.9. The van der Waals surface area contributed by atoms with Crippen molar-refractivity contribution in [3.8, 4) is 11.8 Å². The molecule has 0 N–H and O–H groups in total. The third kappa shape index (κ3) is 5.53. The van der Waals surface area contributed by atoms with Crippen molar-refractivity contribution in [2.75, 3.05) is 0 Å². The molecule has 0 aliphatic carbocycles. The fourth-order valence-corrected chi connectivity index (χ4v) is 2.93. The van der Waals surface area contributed by atoms with Crippen LogP contribution in [0.15, 0.2) is 84.9 Å². The third-order valence-corrected chi connectivity index (χ3v) is 4.53. The molecule has 0 aromatic heterocycles. The van der Waals surface area contributed by atoms with Crippen LogP contribution in [-0.4, -0.2) is 11.6 Å². The highest BCUT2D eigenvalue weighted by molar-refractivity contribution is 5.99. The second-order valence-electron chi connectivity index (χ2n) is 6.82. The Bertz CT molecular complexity index is 938. The van der Waals surface area contributed by atoms with E-state index in [0.29, 0.717) is 11.1 Å². The molecule has 0 unspecified atom stereocenters. The van der Waals surface area contributed by atoms with Crippen molar-refractivity contribution in [3.63, 3.8) is 0 Å². The number of hydrogen-bond donors (Lipinski definition) is 0. The highest BCUT2D eigenvalue weighted by Gasteiger charge is 2.18. The summed E-state index contributed by atoms with van der Waals surface area (Å²) in [6.45, 7) is 2.02. The van der Waals surface area contributed by atoms with Gasteiger partial charge in [0.1, 0.15) is 0 Å². The Morgan fingerprint density at radius 1 is 0.714 bits per heavy atom. The van der Waals surface area contributed by atoms with Gasteiger partial charge in [-0.2, -0.15) is 0 Å². The lowest BCUT2D eigenvalue weighted by atomic mass is 9.92. The van der Waals surface area contributed by atoms with Crippen LogP contribution in [0, 0.1) is 24.7 Å². The van der Waals surface area contributed by atoms with Gasteiger partial charge in [0.2, 0.25) is 0 Å². The summed E-state index contributed by atoms with van der Waals surface area (Å²) in [5.41, 5.74) is 3.35. The zero-order chi connectivity index (χ0) is 19.8. The largest absolute Gasteiger partial charge is 0.294 e. The van der Waals surface area contributed by atoms with E-state index < -0.39 is 0 Å². The van der Waals surface area contributed by atoms with Crippen molar-refractivity contribution < 1.29 is 9.59 Å². The Labute approximate surface area is 166 Å². The second-order valence-corrected chi connectivity index (χ2v) is 6.82. The molecule has 0 aliphatic rings. The van der Waals surface area contributed by atoms with Gasteiger partial charge in [0.25, 0.3) is 0 Å². The van der Waals surface area contributed by atoms with Crippen LogP contribution in [0.1, 0.15) is 44.7 Å². The van der Waals surface area contributed by atoms with Crippen molar-refractivity contribution in [1.82, 2.24) is 0 Å². The molecule has 3 rings (SSSR count). The average molecular weight is 366 g/mol. The predicted molar refractivity (Wildman–Crippen MR) is 112 cm³/mol. The minimum absolute atomic E-state index is 0.00432. The zero-order valence-corrected chi connectivity index (χ0v) is 15.9. The molecule has 0 radical (unpaired) electrons. The van der Waals surface area contributed by atoms with Crippen LogP contribution in [0.2, 0.25) is 0 Å². The van der Waals surface area contributed by atoms with Gasteiger partial charge >= 0.3 is 0 Å². The predicted octanol–water partition coefficient (Wildman–Crippen LogP) is 5.51. The molecule has 0 heterocycles. The second kappa shape index (κ2) is 9.48. The van der Waals surface area contributed by atoms with Gasteiger partial charge in [-0.15, -0.1) is 0 Å². The Balaban J connectivity index is 1.80. The smallest absolute Gasteiger partial charge is 0.164 e. The SMILES string of the molecule is Cc1ccc(C#CC(CC(=O)c2ccccc2)CC(=O)c2ccccc2)cc1. The lowest BCUT2D eigenvalue weighted by molar-refractivity contribution is 0.0939. The van der Waals surface area contributed by atoms with E-state index in [0.717, 1.165) is 5.56 Å². The Hall–Kier alpha value is -3.44. The van der Waals surface area contributed by atoms with Gasteiger partial charge in [-0.05, 0) is 19.1 Å². The molecule has 0 amide bonds. The summed E-state index contributed by atoms with van der Waals surface area (Å²) in [6.07, 6.45) is 0.447. The topological polar surface area (TPSA) is 34.1 Å². The van der Waals surface area contributed by atoms with Gasteiger partial charge in [0, 0.05) is 35.4 Å². The number of rotatable bonds is 6. The molecule has 0 fully saturated rings.